The van der Waals surface area contributed by atoms with Gasteiger partial charge in [0.05, 0.1) is 17.7 Å². The fraction of sp³-hybridized carbons (Fsp3) is 0.611. The number of anilines is 1. The summed E-state index contributed by atoms with van der Waals surface area (Å²) in [5.41, 5.74) is 2.69. The fourth-order valence-electron chi connectivity index (χ4n) is 4.06. The van der Waals surface area contributed by atoms with Gasteiger partial charge in [0.2, 0.25) is 0 Å². The second kappa shape index (κ2) is 6.07. The van der Waals surface area contributed by atoms with Crippen LogP contribution < -0.4 is 4.90 Å². The molecule has 1 aromatic rings. The number of aliphatic hydroxyl groups excluding tert-OH is 1. The van der Waals surface area contributed by atoms with Gasteiger partial charge in [-0.3, -0.25) is 0 Å². The van der Waals surface area contributed by atoms with Gasteiger partial charge in [0.25, 0.3) is 0 Å². The minimum Gasteiger partial charge on any atom is -0.389 e. The summed E-state index contributed by atoms with van der Waals surface area (Å²) in [5.74, 6) is 1.68. The number of benzene rings is 1. The van der Waals surface area contributed by atoms with Gasteiger partial charge in [0.1, 0.15) is 0 Å². The van der Waals surface area contributed by atoms with E-state index < -0.39 is 6.10 Å². The Kier molecular flexibility index (Phi) is 4.17. The minimum atomic E-state index is -0.489. The van der Waals surface area contributed by atoms with Gasteiger partial charge in [-0.05, 0) is 43.7 Å². The van der Waals surface area contributed by atoms with Crippen LogP contribution in [-0.4, -0.2) is 18.2 Å². The van der Waals surface area contributed by atoms with E-state index in [1.807, 2.05) is 12.1 Å². The highest BCUT2D eigenvalue weighted by atomic mass is 16.3. The first-order valence-corrected chi connectivity index (χ1v) is 8.16. The standard InChI is InChI=1S/C18H24N2O/c1-13(21)17-7-6-14(11-19)10-18(17)20-9-8-15-4-2-3-5-16(15)12-20/h6-7,10,13,15-16,21H,2-5,8-9,12H2,1H3. The molecule has 3 nitrogen and oxygen atoms in total. The summed E-state index contributed by atoms with van der Waals surface area (Å²) in [6.45, 7) is 3.94. The van der Waals surface area contributed by atoms with Crippen LogP contribution in [0.4, 0.5) is 5.69 Å². The molecule has 112 valence electrons. The Balaban J connectivity index is 1.87. The molecule has 0 spiro atoms. The van der Waals surface area contributed by atoms with Crippen LogP contribution in [0.2, 0.25) is 0 Å². The lowest BCUT2D eigenvalue weighted by atomic mass is 9.75. The van der Waals surface area contributed by atoms with E-state index in [2.05, 4.69) is 11.0 Å². The van der Waals surface area contributed by atoms with Crippen molar-refractivity contribution in [2.24, 2.45) is 11.8 Å². The summed E-state index contributed by atoms with van der Waals surface area (Å²) in [7, 11) is 0. The Bertz CT molecular complexity index is 547. The van der Waals surface area contributed by atoms with Gasteiger partial charge in [-0.25, -0.2) is 0 Å². The second-order valence-corrected chi connectivity index (χ2v) is 6.60. The highest BCUT2D eigenvalue weighted by Gasteiger charge is 2.32. The van der Waals surface area contributed by atoms with E-state index in [9.17, 15) is 5.11 Å². The fourth-order valence-corrected chi connectivity index (χ4v) is 4.06. The summed E-state index contributed by atoms with van der Waals surface area (Å²) in [4.78, 5) is 2.40. The zero-order valence-corrected chi connectivity index (χ0v) is 12.8. The molecule has 3 atom stereocenters. The monoisotopic (exact) mass is 284 g/mol. The van der Waals surface area contributed by atoms with E-state index >= 15 is 0 Å². The van der Waals surface area contributed by atoms with Gasteiger partial charge >= 0.3 is 0 Å². The normalized spacial score (nSPS) is 26.8. The Morgan fingerprint density at radius 1 is 1.24 bits per heavy atom. The maximum atomic E-state index is 10.0. The van der Waals surface area contributed by atoms with Crippen molar-refractivity contribution < 1.29 is 5.11 Å². The van der Waals surface area contributed by atoms with Gasteiger partial charge in [-0.2, -0.15) is 5.26 Å². The molecule has 1 aromatic carbocycles. The average Bonchev–Trinajstić information content (AvgIpc) is 2.53. The Morgan fingerprint density at radius 3 is 2.71 bits per heavy atom. The largest absolute Gasteiger partial charge is 0.389 e. The van der Waals surface area contributed by atoms with Gasteiger partial charge in [0, 0.05) is 24.3 Å². The van der Waals surface area contributed by atoms with Crippen LogP contribution in [0.25, 0.3) is 0 Å². The molecular weight excluding hydrogens is 260 g/mol. The Hall–Kier alpha value is -1.53. The molecule has 21 heavy (non-hydrogen) atoms. The number of nitrogens with zero attached hydrogens (tertiary/aromatic N) is 2. The zero-order chi connectivity index (χ0) is 14.8. The molecule has 1 saturated carbocycles. The van der Waals surface area contributed by atoms with Crippen molar-refractivity contribution in [1.29, 1.82) is 5.26 Å². The summed E-state index contributed by atoms with van der Waals surface area (Å²) >= 11 is 0. The van der Waals surface area contributed by atoms with E-state index in [1.54, 1.807) is 13.0 Å². The van der Waals surface area contributed by atoms with Gasteiger partial charge in [-0.15, -0.1) is 0 Å². The van der Waals surface area contributed by atoms with Crippen molar-refractivity contribution in [3.05, 3.63) is 29.3 Å². The average molecular weight is 284 g/mol. The highest BCUT2D eigenvalue weighted by molar-refractivity contribution is 5.58. The molecule has 1 aliphatic heterocycles. The van der Waals surface area contributed by atoms with Crippen molar-refractivity contribution in [2.45, 2.75) is 45.1 Å². The van der Waals surface area contributed by atoms with Crippen LogP contribution in [0.3, 0.4) is 0 Å². The highest BCUT2D eigenvalue weighted by Crippen LogP contribution is 2.39. The molecule has 0 aromatic heterocycles. The molecule has 1 saturated heterocycles. The van der Waals surface area contributed by atoms with Crippen LogP contribution in [-0.2, 0) is 0 Å². The third-order valence-electron chi connectivity index (χ3n) is 5.24. The predicted molar refractivity (Wildman–Crippen MR) is 84.1 cm³/mol. The molecule has 3 unspecified atom stereocenters. The molecule has 1 N–H and O–H groups in total. The van der Waals surface area contributed by atoms with E-state index in [0.717, 1.165) is 36.2 Å². The second-order valence-electron chi connectivity index (χ2n) is 6.60. The van der Waals surface area contributed by atoms with E-state index in [-0.39, 0.29) is 0 Å². The van der Waals surface area contributed by atoms with Crippen LogP contribution in [0.5, 0.6) is 0 Å². The number of fused-ring (bicyclic) bond motifs is 1. The lowest BCUT2D eigenvalue weighted by Gasteiger charge is -2.43. The topological polar surface area (TPSA) is 47.3 Å². The van der Waals surface area contributed by atoms with Crippen molar-refractivity contribution in [2.75, 3.05) is 18.0 Å². The molecule has 3 rings (SSSR count). The van der Waals surface area contributed by atoms with Crippen molar-refractivity contribution in [3.63, 3.8) is 0 Å². The molecule has 2 aliphatic rings. The smallest absolute Gasteiger partial charge is 0.0992 e. The van der Waals surface area contributed by atoms with Gasteiger partial charge < -0.3 is 10.0 Å². The van der Waals surface area contributed by atoms with Gasteiger partial charge in [0.15, 0.2) is 0 Å². The molecule has 2 fully saturated rings. The Labute approximate surface area is 127 Å². The van der Waals surface area contributed by atoms with Crippen LogP contribution in [0.15, 0.2) is 18.2 Å². The molecular formula is C18H24N2O. The summed E-state index contributed by atoms with van der Waals surface area (Å²) in [6, 6.07) is 7.88. The number of piperidine rings is 1. The number of aliphatic hydroxyl groups is 1. The van der Waals surface area contributed by atoms with Crippen LogP contribution >= 0.6 is 0 Å². The molecule has 0 radical (unpaired) electrons. The maximum absolute atomic E-state index is 10.0. The van der Waals surface area contributed by atoms with Crippen LogP contribution in [0.1, 0.15) is 56.3 Å². The summed E-state index contributed by atoms with van der Waals surface area (Å²) in [6.07, 6.45) is 6.24. The SMILES string of the molecule is CC(O)c1ccc(C#N)cc1N1CCC2CCCCC2C1. The van der Waals surface area contributed by atoms with E-state index in [0.29, 0.717) is 5.56 Å². The lowest BCUT2D eigenvalue weighted by molar-refractivity contribution is 0.193. The molecule has 1 aliphatic carbocycles. The predicted octanol–water partition coefficient (Wildman–Crippen LogP) is 3.63. The van der Waals surface area contributed by atoms with Gasteiger partial charge in [-0.1, -0.05) is 25.3 Å². The zero-order valence-electron chi connectivity index (χ0n) is 12.8. The Morgan fingerprint density at radius 2 is 2.00 bits per heavy atom. The first kappa shape index (κ1) is 14.4. The number of rotatable bonds is 2. The van der Waals surface area contributed by atoms with Crippen LogP contribution in [0, 0.1) is 23.2 Å². The third kappa shape index (κ3) is 2.91. The number of hydrogen-bond acceptors (Lipinski definition) is 3. The lowest BCUT2D eigenvalue weighted by Crippen LogP contribution is -2.42. The summed E-state index contributed by atoms with van der Waals surface area (Å²) < 4.78 is 0. The van der Waals surface area contributed by atoms with E-state index in [4.69, 9.17) is 5.26 Å². The van der Waals surface area contributed by atoms with E-state index in [1.165, 1.54) is 32.1 Å². The molecule has 0 amide bonds. The first-order chi connectivity index (χ1) is 10.2. The van der Waals surface area contributed by atoms with Crippen molar-refractivity contribution in [1.82, 2.24) is 0 Å². The molecule has 3 heteroatoms. The van der Waals surface area contributed by atoms with Crippen molar-refractivity contribution >= 4 is 5.69 Å². The number of hydrogen-bond donors (Lipinski definition) is 1. The third-order valence-corrected chi connectivity index (χ3v) is 5.24. The molecule has 0 bridgehead atoms. The molecule has 1 heterocycles. The quantitative estimate of drug-likeness (QED) is 0.902. The summed E-state index contributed by atoms with van der Waals surface area (Å²) in [5, 5.41) is 19.2. The van der Waals surface area contributed by atoms with Crippen molar-refractivity contribution in [3.8, 4) is 6.07 Å². The first-order valence-electron chi connectivity index (χ1n) is 8.16. The minimum absolute atomic E-state index is 0.489. The maximum Gasteiger partial charge on any atom is 0.0992 e. The number of nitriles is 1.